The molecule has 0 saturated heterocycles. The molecule has 0 saturated carbocycles. The summed E-state index contributed by atoms with van der Waals surface area (Å²) in [4.78, 5) is 36.5. The van der Waals surface area contributed by atoms with Crippen LogP contribution in [0, 0.1) is 0 Å². The monoisotopic (exact) mass is 742 g/mol. The molecule has 0 bridgehead atoms. The Bertz CT molecular complexity index is 1720. The van der Waals surface area contributed by atoms with Gasteiger partial charge >= 0.3 is 0 Å². The van der Waals surface area contributed by atoms with Crippen LogP contribution in [0.15, 0.2) is 78.9 Å². The number of thioether (sulfide) groups is 1. The number of hydrogen-bond donors (Lipinski definition) is 5. The SMILES string of the molecule is CCCCCCCCCCCCCCOc1ccccc1NC(=O)c1cc(OCCSCC(=O)Nc2ccc(NNC=O)cc2)c2ccccc2c1O. The number of nitrogens with one attached hydrogen (secondary N) is 4. The Morgan fingerprint density at radius 3 is 2.00 bits per heavy atom. The van der Waals surface area contributed by atoms with E-state index in [1.54, 1.807) is 48.5 Å². The molecule has 4 rings (SSSR count). The van der Waals surface area contributed by atoms with Gasteiger partial charge in [-0.1, -0.05) is 114 Å². The fourth-order valence-electron chi connectivity index (χ4n) is 5.95. The molecule has 53 heavy (non-hydrogen) atoms. The maximum absolute atomic E-state index is 13.6. The molecule has 0 atom stereocenters. The molecular formula is C42H54N4O6S. The minimum Gasteiger partial charge on any atom is -0.506 e. The number of phenolic OH excluding ortho intramolecular Hbond substituents is 1. The van der Waals surface area contributed by atoms with E-state index in [0.717, 1.165) is 12.8 Å². The number of hydrazine groups is 1. The third-order valence-electron chi connectivity index (χ3n) is 8.78. The fraction of sp³-hybridized carbons (Fsp3) is 0.405. The summed E-state index contributed by atoms with van der Waals surface area (Å²) in [5.41, 5.74) is 7.00. The first-order valence-corrected chi connectivity index (χ1v) is 20.0. The Labute approximate surface area is 317 Å². The van der Waals surface area contributed by atoms with Gasteiger partial charge in [0.1, 0.15) is 17.2 Å². The van der Waals surface area contributed by atoms with E-state index in [9.17, 15) is 19.5 Å². The second kappa shape index (κ2) is 23.6. The van der Waals surface area contributed by atoms with Gasteiger partial charge in [-0.25, -0.2) is 0 Å². The van der Waals surface area contributed by atoms with Crippen molar-refractivity contribution in [2.75, 3.05) is 40.8 Å². The maximum Gasteiger partial charge on any atom is 0.259 e. The van der Waals surface area contributed by atoms with E-state index < -0.39 is 5.91 Å². The highest BCUT2D eigenvalue weighted by Gasteiger charge is 2.19. The van der Waals surface area contributed by atoms with Gasteiger partial charge in [-0.3, -0.25) is 25.2 Å². The van der Waals surface area contributed by atoms with E-state index in [-0.39, 0.29) is 29.6 Å². The predicted molar refractivity (Wildman–Crippen MR) is 217 cm³/mol. The number of unbranched alkanes of at least 4 members (excludes halogenated alkanes) is 11. The number of benzene rings is 4. The van der Waals surface area contributed by atoms with Crippen LogP contribution in [-0.2, 0) is 9.59 Å². The Morgan fingerprint density at radius 2 is 1.30 bits per heavy atom. The molecule has 0 radical (unpaired) electrons. The molecule has 284 valence electrons. The number of amides is 3. The number of aromatic hydroxyl groups is 1. The summed E-state index contributed by atoms with van der Waals surface area (Å²) >= 11 is 1.41. The lowest BCUT2D eigenvalue weighted by molar-refractivity contribution is -0.113. The highest BCUT2D eigenvalue weighted by Crippen LogP contribution is 2.37. The number of fused-ring (bicyclic) bond motifs is 1. The summed E-state index contributed by atoms with van der Waals surface area (Å²) in [6, 6.07) is 23.1. The third kappa shape index (κ3) is 14.2. The molecule has 0 aromatic heterocycles. The van der Waals surface area contributed by atoms with Crippen molar-refractivity contribution in [1.29, 1.82) is 0 Å². The summed E-state index contributed by atoms with van der Waals surface area (Å²) in [5, 5.41) is 18.1. The van der Waals surface area contributed by atoms with Gasteiger partial charge in [-0.2, -0.15) is 0 Å². The molecule has 0 aliphatic heterocycles. The molecule has 0 spiro atoms. The zero-order valence-corrected chi connectivity index (χ0v) is 31.6. The molecule has 4 aromatic rings. The van der Waals surface area contributed by atoms with Crippen molar-refractivity contribution < 1.29 is 29.0 Å². The Hall–Kier alpha value is -4.90. The van der Waals surface area contributed by atoms with Gasteiger partial charge in [-0.15, -0.1) is 11.8 Å². The van der Waals surface area contributed by atoms with E-state index in [1.807, 2.05) is 30.3 Å². The lowest BCUT2D eigenvalue weighted by atomic mass is 10.0. The van der Waals surface area contributed by atoms with Crippen LogP contribution in [0.2, 0.25) is 0 Å². The summed E-state index contributed by atoms with van der Waals surface area (Å²) in [5.74, 6) is 1.03. The van der Waals surface area contributed by atoms with Crippen LogP contribution < -0.4 is 31.0 Å². The molecule has 10 nitrogen and oxygen atoms in total. The van der Waals surface area contributed by atoms with Crippen LogP contribution >= 0.6 is 11.8 Å². The van der Waals surface area contributed by atoms with Crippen LogP contribution in [0.3, 0.4) is 0 Å². The van der Waals surface area contributed by atoms with Crippen molar-refractivity contribution in [2.24, 2.45) is 0 Å². The van der Waals surface area contributed by atoms with E-state index in [1.165, 1.54) is 76.0 Å². The second-order valence-electron chi connectivity index (χ2n) is 12.9. The zero-order chi connectivity index (χ0) is 37.5. The average molecular weight is 743 g/mol. The van der Waals surface area contributed by atoms with Crippen LogP contribution in [-0.4, -0.2) is 48.1 Å². The quantitative estimate of drug-likeness (QED) is 0.0244. The average Bonchev–Trinajstić information content (AvgIpc) is 3.17. The lowest BCUT2D eigenvalue weighted by Gasteiger charge is -2.16. The molecule has 11 heteroatoms. The molecule has 0 fully saturated rings. The summed E-state index contributed by atoms with van der Waals surface area (Å²) in [7, 11) is 0. The lowest BCUT2D eigenvalue weighted by Crippen LogP contribution is -2.19. The van der Waals surface area contributed by atoms with E-state index in [2.05, 4.69) is 28.4 Å². The first kappa shape index (κ1) is 40.9. The normalized spacial score (nSPS) is 10.8. The predicted octanol–water partition coefficient (Wildman–Crippen LogP) is 9.70. The van der Waals surface area contributed by atoms with Crippen LogP contribution in [0.4, 0.5) is 17.1 Å². The van der Waals surface area contributed by atoms with Crippen molar-refractivity contribution in [3.63, 3.8) is 0 Å². The number of hydrogen-bond acceptors (Lipinski definition) is 8. The van der Waals surface area contributed by atoms with Gasteiger partial charge in [0.15, 0.2) is 0 Å². The highest BCUT2D eigenvalue weighted by molar-refractivity contribution is 7.99. The highest BCUT2D eigenvalue weighted by atomic mass is 32.2. The number of phenols is 1. The Kier molecular flexibility index (Phi) is 18.2. The molecule has 4 aromatic carbocycles. The number of rotatable bonds is 26. The molecule has 0 heterocycles. The number of ether oxygens (including phenoxy) is 2. The maximum atomic E-state index is 13.6. The molecular weight excluding hydrogens is 689 g/mol. The topological polar surface area (TPSA) is 138 Å². The van der Waals surface area contributed by atoms with Crippen LogP contribution in [0.25, 0.3) is 10.8 Å². The number of carbonyl (C=O) groups is 3. The largest absolute Gasteiger partial charge is 0.506 e. The van der Waals surface area contributed by atoms with Gasteiger partial charge < -0.3 is 25.2 Å². The minimum atomic E-state index is -0.477. The van der Waals surface area contributed by atoms with Crippen molar-refractivity contribution >= 4 is 57.8 Å². The van der Waals surface area contributed by atoms with Crippen LogP contribution in [0.1, 0.15) is 94.3 Å². The van der Waals surface area contributed by atoms with Gasteiger partial charge in [0.2, 0.25) is 12.3 Å². The van der Waals surface area contributed by atoms with Gasteiger partial charge in [0, 0.05) is 22.2 Å². The summed E-state index contributed by atoms with van der Waals surface area (Å²) < 4.78 is 12.2. The molecule has 0 unspecified atom stereocenters. The Morgan fingerprint density at radius 1 is 0.698 bits per heavy atom. The van der Waals surface area contributed by atoms with Gasteiger partial charge in [0.05, 0.1) is 35.9 Å². The van der Waals surface area contributed by atoms with E-state index in [4.69, 9.17) is 9.47 Å². The third-order valence-corrected chi connectivity index (χ3v) is 9.70. The standard InChI is InChI=1S/C42H54N4O6S/c1-2-3-4-5-6-7-8-9-10-11-12-17-26-51-38-21-16-15-20-37(38)45-42(50)36-29-39(34-18-13-14-19-35(34)41(36)49)52-27-28-53-30-40(48)44-32-22-24-33(25-23-32)46-43-31-47/h13-16,18-25,29,31,46,49H,2-12,17,26-28,30H2,1H3,(H,43,47)(H,44,48)(H,45,50). The molecule has 3 amide bonds. The molecule has 0 aliphatic rings. The van der Waals surface area contributed by atoms with Crippen molar-refractivity contribution in [3.05, 3.63) is 84.4 Å². The summed E-state index contributed by atoms with van der Waals surface area (Å²) in [6.45, 7) is 3.11. The number of para-hydroxylation sites is 2. The number of carbonyl (C=O) groups excluding carboxylic acids is 3. The minimum absolute atomic E-state index is 0.0876. The van der Waals surface area contributed by atoms with E-state index >= 15 is 0 Å². The number of anilines is 3. The molecule has 5 N–H and O–H groups in total. The van der Waals surface area contributed by atoms with Crippen molar-refractivity contribution in [2.45, 2.75) is 84.0 Å². The fourth-order valence-corrected chi connectivity index (χ4v) is 6.56. The molecule has 0 aliphatic carbocycles. The van der Waals surface area contributed by atoms with Crippen molar-refractivity contribution in [3.8, 4) is 17.2 Å². The zero-order valence-electron chi connectivity index (χ0n) is 30.8. The van der Waals surface area contributed by atoms with Gasteiger partial charge in [0.25, 0.3) is 5.91 Å². The van der Waals surface area contributed by atoms with Crippen LogP contribution in [0.5, 0.6) is 17.2 Å². The summed E-state index contributed by atoms with van der Waals surface area (Å²) in [6.07, 6.45) is 15.8. The first-order valence-electron chi connectivity index (χ1n) is 18.8. The second-order valence-corrected chi connectivity index (χ2v) is 14.0. The van der Waals surface area contributed by atoms with Gasteiger partial charge in [-0.05, 0) is 48.9 Å². The first-order chi connectivity index (χ1) is 26.0. The van der Waals surface area contributed by atoms with Crippen molar-refractivity contribution in [1.82, 2.24) is 5.43 Å². The smallest absolute Gasteiger partial charge is 0.259 e. The van der Waals surface area contributed by atoms with E-state index in [0.29, 0.717) is 58.1 Å². The Balaban J connectivity index is 1.23.